The zero-order valence-electron chi connectivity index (χ0n) is 16.0. The molecule has 3 aromatic rings. The number of furan rings is 1. The Morgan fingerprint density at radius 1 is 1.32 bits per heavy atom. The van der Waals surface area contributed by atoms with Gasteiger partial charge in [0.25, 0.3) is 0 Å². The second-order valence-electron chi connectivity index (χ2n) is 6.45. The van der Waals surface area contributed by atoms with Gasteiger partial charge in [-0.3, -0.25) is 19.6 Å². The lowest BCUT2D eigenvalue weighted by atomic mass is 10.2. The summed E-state index contributed by atoms with van der Waals surface area (Å²) in [5, 5.41) is 15.3. The van der Waals surface area contributed by atoms with Crippen molar-refractivity contribution in [2.75, 3.05) is 0 Å². The minimum absolute atomic E-state index is 0.0238. The van der Waals surface area contributed by atoms with Crippen LogP contribution in [-0.2, 0) is 13.0 Å². The SMILES string of the molecule is CCCc1ccc(C(=O)/C=C/c2ccc(Cn3nc(C)c([N+](=O)[O-])c3C)o2)s1. The van der Waals surface area contributed by atoms with Gasteiger partial charge in [0, 0.05) is 4.88 Å². The molecule has 0 bridgehead atoms. The first kappa shape index (κ1) is 19.8. The zero-order valence-corrected chi connectivity index (χ0v) is 16.8. The molecule has 0 saturated carbocycles. The first-order valence-electron chi connectivity index (χ1n) is 8.97. The largest absolute Gasteiger partial charge is 0.460 e. The molecule has 0 amide bonds. The molecule has 8 heteroatoms. The minimum Gasteiger partial charge on any atom is -0.460 e. The number of carbonyl (C=O) groups is 1. The summed E-state index contributed by atoms with van der Waals surface area (Å²) in [6.07, 6.45) is 5.16. The minimum atomic E-state index is -0.424. The van der Waals surface area contributed by atoms with E-state index >= 15 is 0 Å². The van der Waals surface area contributed by atoms with Gasteiger partial charge in [-0.25, -0.2) is 0 Å². The highest BCUT2D eigenvalue weighted by Gasteiger charge is 2.22. The fourth-order valence-corrected chi connectivity index (χ4v) is 3.98. The van der Waals surface area contributed by atoms with Crippen LogP contribution in [0.4, 0.5) is 5.69 Å². The van der Waals surface area contributed by atoms with Crippen molar-refractivity contribution in [3.05, 3.63) is 73.1 Å². The van der Waals surface area contributed by atoms with Gasteiger partial charge in [-0.2, -0.15) is 5.10 Å². The molecule has 0 N–H and O–H groups in total. The smallest absolute Gasteiger partial charge is 0.312 e. The lowest BCUT2D eigenvalue weighted by molar-refractivity contribution is -0.386. The molecule has 0 aliphatic rings. The molecule has 0 unspecified atom stereocenters. The molecule has 3 rings (SSSR count). The molecule has 0 aromatic carbocycles. The van der Waals surface area contributed by atoms with Crippen LogP contribution in [0.25, 0.3) is 6.08 Å². The van der Waals surface area contributed by atoms with E-state index in [4.69, 9.17) is 4.42 Å². The fraction of sp³-hybridized carbons (Fsp3) is 0.300. The second-order valence-corrected chi connectivity index (χ2v) is 7.62. The molecule has 0 saturated heterocycles. The van der Waals surface area contributed by atoms with Crippen LogP contribution in [0, 0.1) is 24.0 Å². The summed E-state index contributed by atoms with van der Waals surface area (Å²) in [5.41, 5.74) is 0.876. The fourth-order valence-electron chi connectivity index (χ4n) is 2.95. The Bertz CT molecular complexity index is 1040. The van der Waals surface area contributed by atoms with E-state index in [1.807, 2.05) is 12.1 Å². The predicted molar refractivity (Wildman–Crippen MR) is 108 cm³/mol. The van der Waals surface area contributed by atoms with E-state index < -0.39 is 4.92 Å². The number of hydrogen-bond acceptors (Lipinski definition) is 6. The maximum Gasteiger partial charge on any atom is 0.312 e. The summed E-state index contributed by atoms with van der Waals surface area (Å²) in [6.45, 7) is 5.67. The number of nitro groups is 1. The lowest BCUT2D eigenvalue weighted by Gasteiger charge is -2.00. The van der Waals surface area contributed by atoms with Crippen molar-refractivity contribution < 1.29 is 14.1 Å². The van der Waals surface area contributed by atoms with Crippen LogP contribution in [0.15, 0.2) is 34.8 Å². The number of nitrogens with zero attached hydrogens (tertiary/aromatic N) is 3. The van der Waals surface area contributed by atoms with E-state index in [-0.39, 0.29) is 18.0 Å². The van der Waals surface area contributed by atoms with Crippen molar-refractivity contribution in [1.82, 2.24) is 9.78 Å². The molecule has 0 radical (unpaired) electrons. The topological polar surface area (TPSA) is 91.2 Å². The maximum absolute atomic E-state index is 12.3. The van der Waals surface area contributed by atoms with E-state index in [2.05, 4.69) is 12.0 Å². The van der Waals surface area contributed by atoms with Crippen LogP contribution in [0.1, 0.15) is 50.8 Å². The van der Waals surface area contributed by atoms with Crippen molar-refractivity contribution >= 4 is 28.9 Å². The van der Waals surface area contributed by atoms with E-state index in [1.165, 1.54) is 22.3 Å². The van der Waals surface area contributed by atoms with Crippen LogP contribution in [0.3, 0.4) is 0 Å². The third kappa shape index (κ3) is 4.28. The molecule has 0 aliphatic carbocycles. The molecular weight excluding hydrogens is 378 g/mol. The monoisotopic (exact) mass is 399 g/mol. The zero-order chi connectivity index (χ0) is 20.3. The molecule has 28 heavy (non-hydrogen) atoms. The molecule has 0 aliphatic heterocycles. The van der Waals surface area contributed by atoms with Gasteiger partial charge in [0.1, 0.15) is 22.9 Å². The standard InChI is InChI=1S/C20H21N3O4S/c1-4-5-17-9-11-19(28-17)18(24)10-8-15-6-7-16(27-15)12-22-14(3)20(23(25)26)13(2)21-22/h6-11H,4-5,12H2,1-3H3/b10-8+. The summed E-state index contributed by atoms with van der Waals surface area (Å²) < 4.78 is 7.26. The van der Waals surface area contributed by atoms with E-state index in [0.29, 0.717) is 27.8 Å². The van der Waals surface area contributed by atoms with E-state index in [1.54, 1.807) is 36.7 Å². The lowest BCUT2D eigenvalue weighted by Crippen LogP contribution is -2.03. The van der Waals surface area contributed by atoms with Gasteiger partial charge in [0.05, 0.1) is 16.3 Å². The van der Waals surface area contributed by atoms with Crippen LogP contribution >= 0.6 is 11.3 Å². The number of aromatic nitrogens is 2. The third-order valence-electron chi connectivity index (χ3n) is 4.31. The third-order valence-corrected chi connectivity index (χ3v) is 5.47. The number of carbonyl (C=O) groups excluding carboxylic acids is 1. The highest BCUT2D eigenvalue weighted by atomic mass is 32.1. The summed E-state index contributed by atoms with van der Waals surface area (Å²) in [6, 6.07) is 7.38. The van der Waals surface area contributed by atoms with Crippen molar-refractivity contribution in [2.24, 2.45) is 0 Å². The Morgan fingerprint density at radius 3 is 2.79 bits per heavy atom. The van der Waals surface area contributed by atoms with Crippen molar-refractivity contribution in [3.8, 4) is 0 Å². The Balaban J connectivity index is 1.68. The van der Waals surface area contributed by atoms with Crippen molar-refractivity contribution in [2.45, 2.75) is 40.2 Å². The van der Waals surface area contributed by atoms with Crippen LogP contribution < -0.4 is 0 Å². The van der Waals surface area contributed by atoms with Gasteiger partial charge in [-0.1, -0.05) is 13.3 Å². The molecule has 3 heterocycles. The van der Waals surface area contributed by atoms with Crippen LogP contribution in [0.5, 0.6) is 0 Å². The summed E-state index contributed by atoms with van der Waals surface area (Å²) >= 11 is 1.52. The molecular formula is C20H21N3O4S. The van der Waals surface area contributed by atoms with Gasteiger partial charge in [0.15, 0.2) is 5.78 Å². The molecule has 146 valence electrons. The summed E-state index contributed by atoms with van der Waals surface area (Å²) in [4.78, 5) is 24.9. The highest BCUT2D eigenvalue weighted by Crippen LogP contribution is 2.23. The Hall–Kier alpha value is -3.00. The van der Waals surface area contributed by atoms with Gasteiger partial charge >= 0.3 is 5.69 Å². The van der Waals surface area contributed by atoms with E-state index in [0.717, 1.165) is 12.8 Å². The van der Waals surface area contributed by atoms with Crippen molar-refractivity contribution in [3.63, 3.8) is 0 Å². The van der Waals surface area contributed by atoms with Crippen LogP contribution in [0.2, 0.25) is 0 Å². The number of thiophene rings is 1. The Kier molecular flexibility index (Phi) is 5.89. The van der Waals surface area contributed by atoms with E-state index in [9.17, 15) is 14.9 Å². The normalized spacial score (nSPS) is 11.4. The second kappa shape index (κ2) is 8.35. The Morgan fingerprint density at radius 2 is 2.11 bits per heavy atom. The molecule has 7 nitrogen and oxygen atoms in total. The number of rotatable bonds is 8. The number of ketones is 1. The Labute approximate surface area is 166 Å². The highest BCUT2D eigenvalue weighted by molar-refractivity contribution is 7.14. The molecule has 0 fully saturated rings. The maximum atomic E-state index is 12.3. The molecule has 0 spiro atoms. The average Bonchev–Trinajstić information content (AvgIpc) is 3.34. The van der Waals surface area contributed by atoms with Crippen molar-refractivity contribution in [1.29, 1.82) is 0 Å². The van der Waals surface area contributed by atoms with Gasteiger partial charge in [-0.15, -0.1) is 11.3 Å². The number of hydrogen-bond donors (Lipinski definition) is 0. The van der Waals surface area contributed by atoms with Crippen LogP contribution in [-0.4, -0.2) is 20.5 Å². The average molecular weight is 399 g/mol. The summed E-state index contributed by atoms with van der Waals surface area (Å²) in [7, 11) is 0. The van der Waals surface area contributed by atoms with Gasteiger partial charge < -0.3 is 4.42 Å². The van der Waals surface area contributed by atoms with Gasteiger partial charge in [0.2, 0.25) is 0 Å². The molecule has 3 aromatic heterocycles. The number of allylic oxidation sites excluding steroid dienone is 1. The first-order valence-corrected chi connectivity index (χ1v) is 9.79. The van der Waals surface area contributed by atoms with Gasteiger partial charge in [-0.05, 0) is 56.7 Å². The number of aryl methyl sites for hydroxylation is 2. The molecule has 0 atom stereocenters. The first-order chi connectivity index (χ1) is 13.4. The summed E-state index contributed by atoms with van der Waals surface area (Å²) in [5.74, 6) is 1.10. The predicted octanol–water partition coefficient (Wildman–Crippen LogP) is 4.96. The quantitative estimate of drug-likeness (QED) is 0.231.